The van der Waals surface area contributed by atoms with E-state index in [-0.39, 0.29) is 48.6 Å². The third-order valence-corrected chi connectivity index (χ3v) is 22.3. The first kappa shape index (κ1) is 52.1. The van der Waals surface area contributed by atoms with Crippen LogP contribution in [0.15, 0.2) is 144 Å². The van der Waals surface area contributed by atoms with Gasteiger partial charge in [-0.3, -0.25) is 9.36 Å². The molecule has 6 aromatic rings. The maximum atomic E-state index is 14.7. The quantitative estimate of drug-likeness (QED) is 0.0347. The molecule has 1 aliphatic heterocycles. The van der Waals surface area contributed by atoms with Crippen LogP contribution in [0.1, 0.15) is 104 Å². The Labute approximate surface area is 425 Å². The summed E-state index contributed by atoms with van der Waals surface area (Å²) in [4.78, 5) is 45.4. The van der Waals surface area contributed by atoms with E-state index >= 15 is 0 Å². The fraction of sp³-hybridized carbons (Fsp3) is 0.390. The van der Waals surface area contributed by atoms with Gasteiger partial charge in [0.05, 0.1) is 18.7 Å². The van der Waals surface area contributed by atoms with Crippen LogP contribution in [-0.4, -0.2) is 77.8 Å². The number of amides is 1. The first-order valence-electron chi connectivity index (χ1n) is 25.3. The number of ketones is 1. The topological polar surface area (TPSA) is 181 Å². The molecule has 1 aromatic heterocycles. The summed E-state index contributed by atoms with van der Waals surface area (Å²) in [5, 5.41) is 14.9. The number of hydrogen-bond acceptors (Lipinski definition) is 10. The van der Waals surface area contributed by atoms with Crippen LogP contribution in [0.4, 0.5) is 10.6 Å². The van der Waals surface area contributed by atoms with E-state index in [0.29, 0.717) is 25.8 Å². The molecule has 1 amide bonds. The summed E-state index contributed by atoms with van der Waals surface area (Å²) in [5.41, 5.74) is 20.1. The normalized spacial score (nSPS) is 18.8. The molecular weight excluding hydrogens is 919 g/mol. The molecule has 1 saturated heterocycles. The lowest BCUT2D eigenvalue weighted by molar-refractivity contribution is -0.163. The molecule has 0 saturated carbocycles. The third-order valence-electron chi connectivity index (χ3n) is 15.9. The standard InChI is InChI=1S/C59H71N5O7Si/c1-39-25-29-42(30-26-39)59(41-18-10-8-11-19-41,43-31-27-40(2)28-32-43)54(53-58(68,72(6,7)57(3,4)5)36-52(71-53)64-35-33-51(61)63-55(64)66)70-50(37-60)49(65)24-12-9-17-34-62-56(67)69-38-48-46-22-15-13-20-44(46)45-21-14-16-23-47(45)48/h8,10-11,13-16,18-23,25-33,35,48,50,52-54,68H,9,12,17,24,34,36-38,60H2,1-7H3,(H,62,67)(H2,61,63,66)/t50?,52-,53-,54?,58-/m1/s1. The molecule has 8 rings (SSSR count). The number of nitrogens with zero attached hydrogens (tertiary/aromatic N) is 2. The Bertz CT molecular complexity index is 2810. The minimum Gasteiger partial charge on any atom is -0.449 e. The van der Waals surface area contributed by atoms with Crippen LogP contribution < -0.4 is 22.5 Å². The van der Waals surface area contributed by atoms with Gasteiger partial charge in [0.1, 0.15) is 37.0 Å². The number of anilines is 1. The lowest BCUT2D eigenvalue weighted by atomic mass is 9.63. The Kier molecular flexibility index (Phi) is 15.5. The maximum absolute atomic E-state index is 14.7. The van der Waals surface area contributed by atoms with Crippen molar-refractivity contribution in [2.45, 2.75) is 126 Å². The molecule has 1 aliphatic carbocycles. The number of rotatable bonds is 19. The van der Waals surface area contributed by atoms with Crippen molar-refractivity contribution in [2.75, 3.05) is 25.4 Å². The number of fused-ring (bicyclic) bond motifs is 3. The number of aliphatic hydroxyl groups is 1. The molecule has 5 atom stereocenters. The number of aryl methyl sites for hydroxylation is 2. The molecular formula is C59H71N5O7Si. The molecule has 378 valence electrons. The van der Waals surface area contributed by atoms with Gasteiger partial charge in [0.15, 0.2) is 5.78 Å². The monoisotopic (exact) mass is 990 g/mol. The van der Waals surface area contributed by atoms with Crippen LogP contribution in [0.5, 0.6) is 0 Å². The number of aromatic nitrogens is 2. The third kappa shape index (κ3) is 10.1. The predicted octanol–water partition coefficient (Wildman–Crippen LogP) is 9.92. The Morgan fingerprint density at radius 2 is 1.38 bits per heavy atom. The summed E-state index contributed by atoms with van der Waals surface area (Å²) in [6.07, 6.45) is -1.19. The summed E-state index contributed by atoms with van der Waals surface area (Å²) >= 11 is 0. The van der Waals surface area contributed by atoms with Crippen LogP contribution in [0, 0.1) is 13.8 Å². The van der Waals surface area contributed by atoms with Crippen molar-refractivity contribution in [3.05, 3.63) is 189 Å². The second-order valence-corrected chi connectivity index (χ2v) is 26.9. The van der Waals surface area contributed by atoms with Crippen molar-refractivity contribution in [3.63, 3.8) is 0 Å². The van der Waals surface area contributed by atoms with E-state index in [9.17, 15) is 19.5 Å². The molecule has 0 radical (unpaired) electrons. The first-order valence-corrected chi connectivity index (χ1v) is 28.3. The highest BCUT2D eigenvalue weighted by Crippen LogP contribution is 2.57. The summed E-state index contributed by atoms with van der Waals surface area (Å²) in [6, 6.07) is 44.6. The zero-order valence-corrected chi connectivity index (χ0v) is 43.8. The highest BCUT2D eigenvalue weighted by atomic mass is 28.3. The van der Waals surface area contributed by atoms with Crippen LogP contribution in [0.2, 0.25) is 18.1 Å². The van der Waals surface area contributed by atoms with Crippen molar-refractivity contribution >= 4 is 25.8 Å². The number of hydrogen-bond donors (Lipinski definition) is 4. The number of carbonyl (C=O) groups is 2. The molecule has 0 bridgehead atoms. The average molecular weight is 990 g/mol. The van der Waals surface area contributed by atoms with E-state index in [4.69, 9.17) is 25.7 Å². The Morgan fingerprint density at radius 3 is 1.93 bits per heavy atom. The van der Waals surface area contributed by atoms with Gasteiger partial charge >= 0.3 is 11.8 Å². The van der Waals surface area contributed by atoms with Gasteiger partial charge in [0.25, 0.3) is 0 Å². The molecule has 72 heavy (non-hydrogen) atoms. The minimum atomic E-state index is -2.96. The second kappa shape index (κ2) is 21.5. The van der Waals surface area contributed by atoms with Crippen molar-refractivity contribution in [3.8, 4) is 11.1 Å². The van der Waals surface area contributed by atoms with E-state index < -0.39 is 55.0 Å². The molecule has 12 nitrogen and oxygen atoms in total. The van der Waals surface area contributed by atoms with Crippen LogP contribution in [-0.2, 0) is 24.4 Å². The van der Waals surface area contributed by atoms with Crippen molar-refractivity contribution in [2.24, 2.45) is 5.73 Å². The van der Waals surface area contributed by atoms with Crippen molar-refractivity contribution in [1.82, 2.24) is 14.9 Å². The zero-order chi connectivity index (χ0) is 51.4. The fourth-order valence-electron chi connectivity index (χ4n) is 10.9. The van der Waals surface area contributed by atoms with Gasteiger partial charge in [0, 0.05) is 38.0 Å². The Morgan fingerprint density at radius 1 is 0.819 bits per heavy atom. The second-order valence-electron chi connectivity index (χ2n) is 21.3. The van der Waals surface area contributed by atoms with E-state index in [1.165, 1.54) is 15.7 Å². The van der Waals surface area contributed by atoms with Gasteiger partial charge in [-0.25, -0.2) is 9.59 Å². The van der Waals surface area contributed by atoms with Gasteiger partial charge in [-0.15, -0.1) is 0 Å². The van der Waals surface area contributed by atoms with Crippen LogP contribution in [0.25, 0.3) is 11.1 Å². The Hall–Kier alpha value is -6.22. The number of carbonyl (C=O) groups excluding carboxylic acids is 2. The summed E-state index contributed by atoms with van der Waals surface area (Å²) in [5.74, 6) is -0.151. The molecule has 2 unspecified atom stereocenters. The number of Topliss-reactive ketones (excluding diaryl/α,β-unsaturated/α-hetero) is 1. The number of unbranched alkanes of at least 4 members (excludes halogenated alkanes) is 2. The van der Waals surface area contributed by atoms with E-state index in [1.807, 2.05) is 56.3 Å². The molecule has 0 spiro atoms. The number of benzene rings is 5. The first-order chi connectivity index (χ1) is 34.4. The van der Waals surface area contributed by atoms with Gasteiger partial charge in [-0.2, -0.15) is 4.98 Å². The maximum Gasteiger partial charge on any atom is 0.407 e. The predicted molar refractivity (Wildman–Crippen MR) is 287 cm³/mol. The largest absolute Gasteiger partial charge is 0.449 e. The van der Waals surface area contributed by atoms with E-state index in [0.717, 1.165) is 38.9 Å². The van der Waals surface area contributed by atoms with Crippen molar-refractivity contribution < 1.29 is 28.9 Å². The van der Waals surface area contributed by atoms with E-state index in [1.54, 1.807) is 12.3 Å². The zero-order valence-electron chi connectivity index (χ0n) is 42.8. The molecule has 2 aliphatic rings. The fourth-order valence-corrected chi connectivity index (χ4v) is 13.8. The smallest absolute Gasteiger partial charge is 0.407 e. The summed E-state index contributed by atoms with van der Waals surface area (Å²) in [6.45, 7) is 15.3. The lowest BCUT2D eigenvalue weighted by Crippen LogP contribution is -2.69. The van der Waals surface area contributed by atoms with E-state index in [2.05, 4.69) is 129 Å². The molecule has 2 heterocycles. The van der Waals surface area contributed by atoms with Crippen LogP contribution in [0.3, 0.4) is 0 Å². The molecule has 1 fully saturated rings. The highest BCUT2D eigenvalue weighted by molar-refractivity contribution is 6.83. The SMILES string of the molecule is Cc1ccc(C(c2ccccc2)(c2ccc(C)cc2)C(OC(CN)C(=O)CCCCCNC(=O)OCC2c3ccccc3-c3ccccc32)[C@H]2O[C@@H](n3ccc(N)nc3=O)C[C@@]2(O)[Si](C)(C)C(C)(C)C)cc1. The van der Waals surface area contributed by atoms with Gasteiger partial charge < -0.3 is 36.1 Å². The highest BCUT2D eigenvalue weighted by Gasteiger charge is 2.67. The molecule has 13 heteroatoms. The number of alkyl carbamates (subject to hydrolysis) is 1. The summed E-state index contributed by atoms with van der Waals surface area (Å²) < 4.78 is 21.8. The number of nitrogen functional groups attached to an aromatic ring is 1. The minimum absolute atomic E-state index is 0.0359. The van der Waals surface area contributed by atoms with Crippen molar-refractivity contribution in [1.29, 1.82) is 0 Å². The van der Waals surface area contributed by atoms with Crippen LogP contribution >= 0.6 is 0 Å². The lowest BCUT2D eigenvalue weighted by Gasteiger charge is -2.54. The van der Waals surface area contributed by atoms with Gasteiger partial charge in [0.2, 0.25) is 0 Å². The van der Waals surface area contributed by atoms with Gasteiger partial charge in [-0.1, -0.05) is 179 Å². The Balaban J connectivity index is 1.09. The average Bonchev–Trinajstić information content (AvgIpc) is 3.89. The molecule has 6 N–H and O–H groups in total. The number of nitrogens with two attached hydrogens (primary N) is 2. The number of nitrogens with one attached hydrogen (secondary N) is 1. The van der Waals surface area contributed by atoms with Gasteiger partial charge in [-0.05, 0) is 76.7 Å². The summed E-state index contributed by atoms with van der Waals surface area (Å²) in [7, 11) is -2.96. The molecule has 5 aromatic carbocycles. The number of ether oxygens (including phenoxy) is 3.